The molecule has 30 heavy (non-hydrogen) atoms. The van der Waals surface area contributed by atoms with E-state index in [-0.39, 0.29) is 12.0 Å². The first-order valence-electron chi connectivity index (χ1n) is 10.8. The number of imidazole rings is 1. The number of fused-ring (bicyclic) bond motifs is 2. The third-order valence-electron chi connectivity index (χ3n) is 6.37. The van der Waals surface area contributed by atoms with Gasteiger partial charge in [0.1, 0.15) is 0 Å². The van der Waals surface area contributed by atoms with Crippen LogP contribution in [0.25, 0.3) is 11.0 Å². The molecule has 3 heterocycles. The summed E-state index contributed by atoms with van der Waals surface area (Å²) >= 11 is 0. The van der Waals surface area contributed by atoms with E-state index in [4.69, 9.17) is 4.98 Å². The molecule has 0 radical (unpaired) electrons. The normalized spacial score (nSPS) is 19.1. The number of aromatic nitrogens is 4. The van der Waals surface area contributed by atoms with Gasteiger partial charge in [0.15, 0.2) is 0 Å². The SMILES string of the molecule is Cn1c(N2CC[C@H](O)C2)nc2cc(C(=O)NCc3n[nH]c4c3CCCCC4)ccc21. The molecule has 3 N–H and O–H groups in total. The number of benzene rings is 1. The molecule has 0 unspecified atom stereocenters. The topological polar surface area (TPSA) is 99.1 Å². The number of aliphatic hydroxyl groups excluding tert-OH is 1. The molecule has 0 saturated carbocycles. The fourth-order valence-corrected chi connectivity index (χ4v) is 4.67. The summed E-state index contributed by atoms with van der Waals surface area (Å²) in [5, 5.41) is 20.4. The number of β-amino-alcohol motifs (C(OH)–C–C–N with tert-alkyl or cyclic N) is 1. The van der Waals surface area contributed by atoms with Gasteiger partial charge in [-0.3, -0.25) is 9.89 Å². The standard InChI is InChI=1S/C22H28N6O2/c1-27-20-8-7-14(11-18(20)24-22(27)28-10-9-15(29)13-28)21(30)23-12-19-16-5-3-2-4-6-17(16)25-26-19/h7-8,11,15,29H,2-6,9-10,12-13H2,1H3,(H,23,30)(H,25,26)/t15-/m0/s1. The molecular weight excluding hydrogens is 380 g/mol. The number of aryl methyl sites for hydroxylation is 2. The maximum atomic E-state index is 12.8. The Hall–Kier alpha value is -2.87. The number of rotatable bonds is 4. The monoisotopic (exact) mass is 408 g/mol. The summed E-state index contributed by atoms with van der Waals surface area (Å²) in [4.78, 5) is 19.6. The molecule has 2 aromatic heterocycles. The van der Waals surface area contributed by atoms with E-state index in [1.54, 1.807) is 0 Å². The van der Waals surface area contributed by atoms with E-state index in [9.17, 15) is 9.90 Å². The highest BCUT2D eigenvalue weighted by atomic mass is 16.3. The first-order chi connectivity index (χ1) is 14.6. The van der Waals surface area contributed by atoms with Gasteiger partial charge in [0, 0.05) is 31.4 Å². The van der Waals surface area contributed by atoms with Crippen LogP contribution in [0.3, 0.4) is 0 Å². The molecule has 1 aliphatic carbocycles. The van der Waals surface area contributed by atoms with E-state index < -0.39 is 0 Å². The third-order valence-corrected chi connectivity index (χ3v) is 6.37. The van der Waals surface area contributed by atoms with Crippen LogP contribution in [0.1, 0.15) is 53.0 Å². The molecule has 0 spiro atoms. The summed E-state index contributed by atoms with van der Waals surface area (Å²) in [5.74, 6) is 0.712. The van der Waals surface area contributed by atoms with Gasteiger partial charge in [0.2, 0.25) is 5.95 Å². The maximum Gasteiger partial charge on any atom is 0.251 e. The number of aliphatic hydroxyl groups is 1. The van der Waals surface area contributed by atoms with Crippen LogP contribution < -0.4 is 10.2 Å². The molecule has 158 valence electrons. The van der Waals surface area contributed by atoms with E-state index in [0.29, 0.717) is 18.7 Å². The molecule has 1 atom stereocenters. The number of aromatic amines is 1. The minimum atomic E-state index is -0.303. The fourth-order valence-electron chi connectivity index (χ4n) is 4.67. The summed E-state index contributed by atoms with van der Waals surface area (Å²) in [6.45, 7) is 1.82. The number of hydrogen-bond acceptors (Lipinski definition) is 5. The van der Waals surface area contributed by atoms with Gasteiger partial charge in [-0.05, 0) is 55.9 Å². The largest absolute Gasteiger partial charge is 0.391 e. The summed E-state index contributed by atoms with van der Waals surface area (Å²) in [6.07, 6.45) is 6.16. The second-order valence-corrected chi connectivity index (χ2v) is 8.43. The number of anilines is 1. The Labute approximate surface area is 175 Å². The quantitative estimate of drug-likeness (QED) is 0.574. The van der Waals surface area contributed by atoms with Crippen molar-refractivity contribution < 1.29 is 9.90 Å². The average molecular weight is 409 g/mol. The van der Waals surface area contributed by atoms with Crippen LogP contribution in [-0.4, -0.2) is 50.0 Å². The van der Waals surface area contributed by atoms with Gasteiger partial charge in [0.25, 0.3) is 5.91 Å². The van der Waals surface area contributed by atoms with Crippen molar-refractivity contribution in [2.75, 3.05) is 18.0 Å². The Balaban J connectivity index is 1.32. The third kappa shape index (κ3) is 3.45. The van der Waals surface area contributed by atoms with Crippen molar-refractivity contribution in [1.82, 2.24) is 25.1 Å². The highest BCUT2D eigenvalue weighted by molar-refractivity contribution is 5.97. The van der Waals surface area contributed by atoms with E-state index in [0.717, 1.165) is 48.5 Å². The zero-order chi connectivity index (χ0) is 20.7. The van der Waals surface area contributed by atoms with E-state index in [1.165, 1.54) is 30.5 Å². The Kier molecular flexibility index (Phi) is 4.94. The van der Waals surface area contributed by atoms with E-state index >= 15 is 0 Å². The molecule has 3 aromatic rings. The van der Waals surface area contributed by atoms with Gasteiger partial charge in [0.05, 0.1) is 29.4 Å². The average Bonchev–Trinajstić information content (AvgIpc) is 3.38. The second-order valence-electron chi connectivity index (χ2n) is 8.43. The van der Waals surface area contributed by atoms with Gasteiger partial charge in [-0.2, -0.15) is 5.10 Å². The lowest BCUT2D eigenvalue weighted by Crippen LogP contribution is -2.24. The number of carbonyl (C=O) groups is 1. The molecule has 8 heteroatoms. The van der Waals surface area contributed by atoms with Crippen molar-refractivity contribution in [2.24, 2.45) is 7.05 Å². The predicted octanol–water partition coefficient (Wildman–Crippen LogP) is 2.07. The van der Waals surface area contributed by atoms with Gasteiger partial charge in [-0.25, -0.2) is 4.98 Å². The smallest absolute Gasteiger partial charge is 0.251 e. The molecule has 1 amide bonds. The van der Waals surface area contributed by atoms with Crippen LogP contribution in [0.5, 0.6) is 0 Å². The van der Waals surface area contributed by atoms with Gasteiger partial charge in [-0.15, -0.1) is 0 Å². The summed E-state index contributed by atoms with van der Waals surface area (Å²) in [6, 6.07) is 5.62. The second kappa shape index (κ2) is 7.75. The van der Waals surface area contributed by atoms with Crippen LogP contribution in [0.2, 0.25) is 0 Å². The highest BCUT2D eigenvalue weighted by Gasteiger charge is 2.24. The van der Waals surface area contributed by atoms with Crippen molar-refractivity contribution in [1.29, 1.82) is 0 Å². The molecule has 2 aliphatic rings. The summed E-state index contributed by atoms with van der Waals surface area (Å²) in [7, 11) is 1.97. The molecule has 1 saturated heterocycles. The minimum absolute atomic E-state index is 0.119. The number of hydrogen-bond donors (Lipinski definition) is 3. The molecule has 8 nitrogen and oxygen atoms in total. The molecule has 5 rings (SSSR count). The van der Waals surface area contributed by atoms with Crippen LogP contribution in [0, 0.1) is 0 Å². The van der Waals surface area contributed by atoms with Gasteiger partial charge >= 0.3 is 0 Å². The zero-order valence-corrected chi connectivity index (χ0v) is 17.3. The van der Waals surface area contributed by atoms with Crippen LogP contribution >= 0.6 is 0 Å². The first kappa shape index (κ1) is 19.1. The van der Waals surface area contributed by atoms with Crippen molar-refractivity contribution in [3.63, 3.8) is 0 Å². The van der Waals surface area contributed by atoms with Crippen LogP contribution in [-0.2, 0) is 26.4 Å². The first-order valence-corrected chi connectivity index (χ1v) is 10.8. The highest BCUT2D eigenvalue weighted by Crippen LogP contribution is 2.25. The lowest BCUT2D eigenvalue weighted by Gasteiger charge is -2.16. The number of carbonyl (C=O) groups excluding carboxylic acids is 1. The maximum absolute atomic E-state index is 12.8. The van der Waals surface area contributed by atoms with Crippen molar-refractivity contribution in [3.05, 3.63) is 40.7 Å². The van der Waals surface area contributed by atoms with Crippen LogP contribution in [0.4, 0.5) is 5.95 Å². The number of H-pyrrole nitrogens is 1. The Bertz CT molecular complexity index is 1080. The Morgan fingerprint density at radius 3 is 3.00 bits per heavy atom. The van der Waals surface area contributed by atoms with Crippen molar-refractivity contribution in [2.45, 2.75) is 51.2 Å². The predicted molar refractivity (Wildman–Crippen MR) is 115 cm³/mol. The summed E-state index contributed by atoms with van der Waals surface area (Å²) in [5.41, 5.74) is 5.82. The van der Waals surface area contributed by atoms with Gasteiger partial charge < -0.3 is 19.9 Å². The number of nitrogens with zero attached hydrogens (tertiary/aromatic N) is 4. The zero-order valence-electron chi connectivity index (χ0n) is 17.3. The lowest BCUT2D eigenvalue weighted by atomic mass is 10.1. The van der Waals surface area contributed by atoms with Crippen molar-refractivity contribution >= 4 is 22.9 Å². The Morgan fingerprint density at radius 1 is 1.30 bits per heavy atom. The van der Waals surface area contributed by atoms with E-state index in [2.05, 4.69) is 20.4 Å². The number of amides is 1. The lowest BCUT2D eigenvalue weighted by molar-refractivity contribution is 0.0950. The molecule has 1 aromatic carbocycles. The van der Waals surface area contributed by atoms with Gasteiger partial charge in [-0.1, -0.05) is 6.42 Å². The summed E-state index contributed by atoms with van der Waals surface area (Å²) < 4.78 is 2.02. The molecule has 1 fully saturated rings. The van der Waals surface area contributed by atoms with E-state index in [1.807, 2.05) is 29.8 Å². The fraction of sp³-hybridized carbons (Fsp3) is 0.500. The number of nitrogens with one attached hydrogen (secondary N) is 2. The van der Waals surface area contributed by atoms with Crippen LogP contribution in [0.15, 0.2) is 18.2 Å². The Morgan fingerprint density at radius 2 is 2.17 bits per heavy atom. The molecule has 0 bridgehead atoms. The molecule has 1 aliphatic heterocycles. The molecular formula is C22H28N6O2. The minimum Gasteiger partial charge on any atom is -0.391 e. The van der Waals surface area contributed by atoms with Crippen molar-refractivity contribution in [3.8, 4) is 0 Å².